The van der Waals surface area contributed by atoms with Crippen LogP contribution in [-0.4, -0.2) is 24.3 Å². The Kier molecular flexibility index (Phi) is 10.8. The van der Waals surface area contributed by atoms with Crippen molar-refractivity contribution in [1.82, 2.24) is 0 Å². The first-order valence-electron chi connectivity index (χ1n) is 7.01. The largest absolute Gasteiger partial charge is 0.462 e. The summed E-state index contributed by atoms with van der Waals surface area (Å²) < 4.78 is 5.18. The van der Waals surface area contributed by atoms with Crippen LogP contribution in [0.1, 0.15) is 65.7 Å². The Morgan fingerprint density at radius 1 is 0.889 bits per heavy atom. The van der Waals surface area contributed by atoms with E-state index in [-0.39, 0.29) is 5.97 Å². The van der Waals surface area contributed by atoms with Crippen LogP contribution in [0.5, 0.6) is 0 Å². The van der Waals surface area contributed by atoms with Gasteiger partial charge in [-0.15, -0.1) is 0 Å². The molecule has 0 aromatic rings. The topological polar surface area (TPSA) is 46.5 Å². The molecule has 0 aliphatic carbocycles. The zero-order valence-electron chi connectivity index (χ0n) is 12.1. The van der Waals surface area contributed by atoms with E-state index in [1.807, 2.05) is 13.8 Å². The molecular weight excluding hydrogens is 228 g/mol. The quantitative estimate of drug-likeness (QED) is 0.369. The standard InChI is InChI=1S/C15H28O3/c1-13(2)14(3)15(17)18-12-10-8-6-4-5-7-9-11-16/h16H,4-12H2,1-3H3. The van der Waals surface area contributed by atoms with Crippen molar-refractivity contribution in [2.75, 3.05) is 13.2 Å². The summed E-state index contributed by atoms with van der Waals surface area (Å²) in [6, 6.07) is 0. The van der Waals surface area contributed by atoms with Gasteiger partial charge < -0.3 is 9.84 Å². The van der Waals surface area contributed by atoms with Gasteiger partial charge in [-0.1, -0.05) is 37.7 Å². The summed E-state index contributed by atoms with van der Waals surface area (Å²) in [5.41, 5.74) is 1.74. The van der Waals surface area contributed by atoms with Crippen LogP contribution >= 0.6 is 0 Å². The van der Waals surface area contributed by atoms with Gasteiger partial charge in [-0.25, -0.2) is 4.79 Å². The first kappa shape index (κ1) is 17.2. The zero-order valence-corrected chi connectivity index (χ0v) is 12.1. The number of carbonyl (C=O) groups excluding carboxylic acids is 1. The number of aliphatic hydroxyl groups is 1. The predicted molar refractivity (Wildman–Crippen MR) is 74.4 cm³/mol. The molecule has 0 heterocycles. The molecule has 0 rings (SSSR count). The lowest BCUT2D eigenvalue weighted by atomic mass is 10.1. The number of esters is 1. The smallest absolute Gasteiger partial charge is 0.333 e. The highest BCUT2D eigenvalue weighted by molar-refractivity contribution is 5.88. The van der Waals surface area contributed by atoms with Crippen molar-refractivity contribution in [2.45, 2.75) is 65.7 Å². The van der Waals surface area contributed by atoms with Gasteiger partial charge in [-0.05, 0) is 33.6 Å². The second kappa shape index (κ2) is 11.3. The van der Waals surface area contributed by atoms with Gasteiger partial charge in [0, 0.05) is 12.2 Å². The minimum Gasteiger partial charge on any atom is -0.462 e. The summed E-state index contributed by atoms with van der Waals surface area (Å²) in [7, 11) is 0. The third-order valence-electron chi connectivity index (χ3n) is 3.09. The van der Waals surface area contributed by atoms with Gasteiger partial charge in [-0.3, -0.25) is 0 Å². The van der Waals surface area contributed by atoms with Crippen molar-refractivity contribution in [2.24, 2.45) is 0 Å². The van der Waals surface area contributed by atoms with Gasteiger partial charge in [0.05, 0.1) is 6.61 Å². The second-order valence-electron chi connectivity index (χ2n) is 4.96. The minimum atomic E-state index is -0.182. The maximum Gasteiger partial charge on any atom is 0.333 e. The molecule has 0 unspecified atom stereocenters. The van der Waals surface area contributed by atoms with Crippen LogP contribution in [0.25, 0.3) is 0 Å². The highest BCUT2D eigenvalue weighted by Crippen LogP contribution is 2.08. The minimum absolute atomic E-state index is 0.182. The van der Waals surface area contributed by atoms with Crippen LogP contribution in [0.4, 0.5) is 0 Å². The van der Waals surface area contributed by atoms with Crippen molar-refractivity contribution >= 4 is 5.97 Å². The van der Waals surface area contributed by atoms with Crippen LogP contribution < -0.4 is 0 Å². The molecule has 0 aromatic heterocycles. The molecule has 0 radical (unpaired) electrons. The maximum atomic E-state index is 11.5. The average molecular weight is 256 g/mol. The fourth-order valence-electron chi connectivity index (χ4n) is 1.57. The summed E-state index contributed by atoms with van der Waals surface area (Å²) in [6.07, 6.45) is 7.68. The Morgan fingerprint density at radius 2 is 1.39 bits per heavy atom. The number of carbonyl (C=O) groups is 1. The molecular formula is C15H28O3. The summed E-state index contributed by atoms with van der Waals surface area (Å²) in [6.45, 7) is 6.48. The van der Waals surface area contributed by atoms with Crippen molar-refractivity contribution in [3.63, 3.8) is 0 Å². The lowest BCUT2D eigenvalue weighted by Crippen LogP contribution is -2.08. The normalized spacial score (nSPS) is 10.2. The fourth-order valence-corrected chi connectivity index (χ4v) is 1.57. The van der Waals surface area contributed by atoms with E-state index < -0.39 is 0 Å². The molecule has 0 saturated carbocycles. The molecule has 3 heteroatoms. The van der Waals surface area contributed by atoms with Crippen LogP contribution in [0.15, 0.2) is 11.1 Å². The van der Waals surface area contributed by atoms with E-state index in [4.69, 9.17) is 9.84 Å². The first-order valence-corrected chi connectivity index (χ1v) is 7.01. The number of allylic oxidation sites excluding steroid dienone is 1. The van der Waals surface area contributed by atoms with Gasteiger partial charge in [0.2, 0.25) is 0 Å². The number of aliphatic hydroxyl groups excluding tert-OH is 1. The molecule has 1 N–H and O–H groups in total. The van der Waals surface area contributed by atoms with Crippen LogP contribution in [-0.2, 0) is 9.53 Å². The Labute approximate surface area is 111 Å². The van der Waals surface area contributed by atoms with Gasteiger partial charge in [0.25, 0.3) is 0 Å². The molecule has 3 nitrogen and oxygen atoms in total. The number of hydrogen-bond donors (Lipinski definition) is 1. The second-order valence-corrected chi connectivity index (χ2v) is 4.96. The third-order valence-corrected chi connectivity index (χ3v) is 3.09. The van der Waals surface area contributed by atoms with Crippen molar-refractivity contribution in [1.29, 1.82) is 0 Å². The summed E-state index contributed by atoms with van der Waals surface area (Å²) in [5, 5.41) is 8.62. The summed E-state index contributed by atoms with van der Waals surface area (Å²) >= 11 is 0. The molecule has 0 fully saturated rings. The van der Waals surface area contributed by atoms with Crippen molar-refractivity contribution < 1.29 is 14.6 Å². The van der Waals surface area contributed by atoms with Gasteiger partial charge >= 0.3 is 5.97 Å². The monoisotopic (exact) mass is 256 g/mol. The van der Waals surface area contributed by atoms with Gasteiger partial charge in [0.1, 0.15) is 0 Å². The van der Waals surface area contributed by atoms with Crippen molar-refractivity contribution in [3.05, 3.63) is 11.1 Å². The van der Waals surface area contributed by atoms with E-state index in [9.17, 15) is 4.79 Å². The van der Waals surface area contributed by atoms with Crippen molar-refractivity contribution in [3.8, 4) is 0 Å². The van der Waals surface area contributed by atoms with Crippen LogP contribution in [0, 0.1) is 0 Å². The Bertz CT molecular complexity index is 252. The van der Waals surface area contributed by atoms with Crippen LogP contribution in [0.2, 0.25) is 0 Å². The maximum absolute atomic E-state index is 11.5. The molecule has 0 aromatic carbocycles. The molecule has 0 amide bonds. The molecule has 0 atom stereocenters. The lowest BCUT2D eigenvalue weighted by Gasteiger charge is -2.06. The zero-order chi connectivity index (χ0) is 13.8. The molecule has 106 valence electrons. The van der Waals surface area contributed by atoms with E-state index in [0.29, 0.717) is 13.2 Å². The number of rotatable bonds is 10. The van der Waals surface area contributed by atoms with E-state index in [0.717, 1.165) is 36.8 Å². The first-order chi connectivity index (χ1) is 8.59. The van der Waals surface area contributed by atoms with Crippen LogP contribution in [0.3, 0.4) is 0 Å². The molecule has 0 bridgehead atoms. The fraction of sp³-hybridized carbons (Fsp3) is 0.800. The molecule has 0 aliphatic heterocycles. The summed E-state index contributed by atoms with van der Waals surface area (Å²) in [5.74, 6) is -0.182. The van der Waals surface area contributed by atoms with E-state index in [2.05, 4.69) is 0 Å². The Balaban J connectivity index is 3.36. The number of unbranched alkanes of at least 4 members (excludes halogenated alkanes) is 6. The highest BCUT2D eigenvalue weighted by atomic mass is 16.5. The summed E-state index contributed by atoms with van der Waals surface area (Å²) in [4.78, 5) is 11.5. The Morgan fingerprint density at radius 3 is 1.89 bits per heavy atom. The SMILES string of the molecule is CC(C)=C(C)C(=O)OCCCCCCCCCO. The van der Waals surface area contributed by atoms with Gasteiger partial charge in [0.15, 0.2) is 0 Å². The molecule has 18 heavy (non-hydrogen) atoms. The predicted octanol–water partition coefficient (Wildman–Crippen LogP) is 3.61. The van der Waals surface area contributed by atoms with Gasteiger partial charge in [-0.2, -0.15) is 0 Å². The highest BCUT2D eigenvalue weighted by Gasteiger charge is 2.06. The van der Waals surface area contributed by atoms with E-state index in [1.54, 1.807) is 6.92 Å². The lowest BCUT2D eigenvalue weighted by molar-refractivity contribution is -0.139. The average Bonchev–Trinajstić information content (AvgIpc) is 2.35. The third kappa shape index (κ3) is 9.23. The number of ether oxygens (including phenoxy) is 1. The number of hydrogen-bond acceptors (Lipinski definition) is 3. The van der Waals surface area contributed by atoms with E-state index >= 15 is 0 Å². The molecule has 0 saturated heterocycles. The van der Waals surface area contributed by atoms with E-state index in [1.165, 1.54) is 19.3 Å². The molecule has 0 spiro atoms. The molecule has 0 aliphatic rings. The Hall–Kier alpha value is -0.830.